The molecule has 0 aliphatic carbocycles. The summed E-state index contributed by atoms with van der Waals surface area (Å²) in [7, 11) is -7.25. The highest BCUT2D eigenvalue weighted by Crippen LogP contribution is 2.50. The second-order valence-electron chi connectivity index (χ2n) is 13.9. The van der Waals surface area contributed by atoms with Crippen LogP contribution in [0.25, 0.3) is 0 Å². The molecule has 0 spiro atoms. The number of hydrogen-bond donors (Lipinski definition) is 8. The maximum Gasteiger partial charge on any atom is 0.474 e. The van der Waals surface area contributed by atoms with Gasteiger partial charge < -0.3 is 19.7 Å². The Balaban J connectivity index is -0.00000111. The van der Waals surface area contributed by atoms with Gasteiger partial charge in [0.1, 0.15) is 11.2 Å². The highest BCUT2D eigenvalue weighted by Gasteiger charge is 2.27. The Labute approximate surface area is 366 Å². The van der Waals surface area contributed by atoms with Crippen molar-refractivity contribution < 1.29 is 70.5 Å². The third-order valence-electron chi connectivity index (χ3n) is 5.94. The standard InChI is InChI=1S/C22H44N3O9P.C11H26N3O5PS.CH2Cl2/c1-8-15-30-35(29,32-17-14-26)31-16-12-10-9-11-13-23-18(24-19(27)33-21(2,3)4)25-20(28)34-22(5,6)7;12-11(13)14-5-3-1-2-4-7-17-20(16,18-8-6-15)19-9-10-21;2-1-3/h26H,8-17H2,1-7H3,(H2,23,24,25,27,28);15,21H,1-10H2,(H4,12,13,14);1H2/p+1. The zero-order valence-electron chi connectivity index (χ0n) is 35.8. The first kappa shape index (κ1) is 61.8. The van der Waals surface area contributed by atoms with E-state index in [9.17, 15) is 18.7 Å². The summed E-state index contributed by atoms with van der Waals surface area (Å²) in [5.74, 6) is 0.568. The van der Waals surface area contributed by atoms with Gasteiger partial charge >= 0.3 is 33.8 Å². The molecule has 20 nitrogen and oxygen atoms in total. The summed E-state index contributed by atoms with van der Waals surface area (Å²) in [5.41, 5.74) is 9.11. The molecule has 0 bridgehead atoms. The van der Waals surface area contributed by atoms with Crippen molar-refractivity contribution in [2.45, 2.75) is 117 Å². The normalized spacial score (nSPS) is 13.2. The molecule has 352 valence electrons. The lowest BCUT2D eigenvalue weighted by Crippen LogP contribution is -2.78. The first-order valence-electron chi connectivity index (χ1n) is 19.3. The number of alkyl carbamates (subject to hydrolysis) is 2. The number of hydrogen-bond acceptors (Lipinski definition) is 16. The fourth-order valence-electron chi connectivity index (χ4n) is 3.72. The lowest BCUT2D eigenvalue weighted by Gasteiger charge is -2.22. The summed E-state index contributed by atoms with van der Waals surface area (Å²) < 4.78 is 65.6. The van der Waals surface area contributed by atoms with Gasteiger partial charge in [-0.15, -0.1) is 23.2 Å². The molecule has 2 amide bonds. The third-order valence-corrected chi connectivity index (χ3v) is 9.11. The number of nitrogens with one attached hydrogen (secondary N) is 3. The highest BCUT2D eigenvalue weighted by atomic mass is 35.5. The van der Waals surface area contributed by atoms with E-state index in [2.05, 4.69) is 33.2 Å². The van der Waals surface area contributed by atoms with Gasteiger partial charge in [-0.2, -0.15) is 12.6 Å². The summed E-state index contributed by atoms with van der Waals surface area (Å²) in [6.45, 7) is 13.4. The first-order valence-corrected chi connectivity index (χ1v) is 24.0. The first-order chi connectivity index (χ1) is 27.6. The molecule has 0 rings (SSSR count). The number of aliphatic hydroxyl groups is 2. The van der Waals surface area contributed by atoms with E-state index in [1.807, 2.05) is 6.92 Å². The zero-order valence-corrected chi connectivity index (χ0v) is 40.0. The lowest BCUT2D eigenvalue weighted by atomic mass is 10.2. The highest BCUT2D eigenvalue weighted by molar-refractivity contribution is 7.80. The lowest BCUT2D eigenvalue weighted by molar-refractivity contribution is -0.459. The minimum atomic E-state index is -3.67. The van der Waals surface area contributed by atoms with Crippen LogP contribution in [0.15, 0.2) is 4.99 Å². The van der Waals surface area contributed by atoms with Crippen LogP contribution in [0.1, 0.15) is 106 Å². The van der Waals surface area contributed by atoms with Gasteiger partial charge in [0.15, 0.2) is 0 Å². The second-order valence-corrected chi connectivity index (χ2v) is 18.5. The molecular weight excluding hydrogens is 881 g/mol. The molecule has 0 aliphatic heterocycles. The van der Waals surface area contributed by atoms with Gasteiger partial charge in [-0.3, -0.25) is 59.2 Å². The van der Waals surface area contributed by atoms with Gasteiger partial charge in [0.05, 0.1) is 64.7 Å². The number of phosphoric ester groups is 2. The number of phosphoric acid groups is 2. The quantitative estimate of drug-likeness (QED) is 0.0129. The van der Waals surface area contributed by atoms with Crippen molar-refractivity contribution in [2.75, 3.05) is 77.0 Å². The molecule has 0 heterocycles. The maximum atomic E-state index is 12.4. The third kappa shape index (κ3) is 45.9. The number of nitrogens with zero attached hydrogens (tertiary/aromatic N) is 1. The number of thiol groups is 1. The van der Waals surface area contributed by atoms with Crippen molar-refractivity contribution in [3.63, 3.8) is 0 Å². The number of ether oxygens (including phenoxy) is 2. The van der Waals surface area contributed by atoms with Crippen molar-refractivity contribution in [2.24, 2.45) is 16.5 Å². The zero-order chi connectivity index (χ0) is 45.6. The summed E-state index contributed by atoms with van der Waals surface area (Å²) in [5, 5.41) is 22.6. The number of guanidine groups is 2. The molecule has 0 fully saturated rings. The Morgan fingerprint density at radius 1 is 0.678 bits per heavy atom. The topological polar surface area (TPSA) is 285 Å². The predicted molar refractivity (Wildman–Crippen MR) is 233 cm³/mol. The monoisotopic (exact) mass is 953 g/mol. The fraction of sp³-hybridized carbons (Fsp3) is 0.882. The number of aliphatic hydroxyl groups excluding tert-OH is 2. The van der Waals surface area contributed by atoms with Crippen molar-refractivity contribution >= 4 is 75.6 Å². The molecule has 59 heavy (non-hydrogen) atoms. The Bertz CT molecular complexity index is 1170. The average molecular weight is 955 g/mol. The molecule has 0 aromatic heterocycles. The van der Waals surface area contributed by atoms with Crippen LogP contribution >= 0.6 is 51.5 Å². The Morgan fingerprint density at radius 3 is 1.46 bits per heavy atom. The Hall–Kier alpha value is -1.45. The number of alkyl halides is 2. The van der Waals surface area contributed by atoms with E-state index in [1.54, 1.807) is 41.5 Å². The van der Waals surface area contributed by atoms with Crippen molar-refractivity contribution in [1.29, 1.82) is 0 Å². The number of amides is 2. The van der Waals surface area contributed by atoms with E-state index in [0.29, 0.717) is 31.6 Å². The van der Waals surface area contributed by atoms with Crippen molar-refractivity contribution in [3.8, 4) is 0 Å². The van der Waals surface area contributed by atoms with Crippen LogP contribution in [0.4, 0.5) is 9.59 Å². The summed E-state index contributed by atoms with van der Waals surface area (Å²) in [6.07, 6.45) is 5.54. The van der Waals surface area contributed by atoms with Gasteiger partial charge in [0.25, 0.3) is 0 Å². The molecule has 0 aliphatic rings. The van der Waals surface area contributed by atoms with E-state index in [0.717, 1.165) is 45.1 Å². The van der Waals surface area contributed by atoms with E-state index in [1.165, 1.54) is 0 Å². The van der Waals surface area contributed by atoms with Crippen molar-refractivity contribution in [1.82, 2.24) is 10.6 Å². The predicted octanol–water partition coefficient (Wildman–Crippen LogP) is 4.91. The number of nitrogens with two attached hydrogens (primary N) is 2. The largest absolute Gasteiger partial charge is 0.474 e. The minimum Gasteiger partial charge on any atom is -0.444 e. The molecule has 2 unspecified atom stereocenters. The van der Waals surface area contributed by atoms with Crippen LogP contribution < -0.4 is 27.1 Å². The van der Waals surface area contributed by atoms with Gasteiger partial charge in [-0.1, -0.05) is 32.6 Å². The molecule has 0 saturated carbocycles. The number of carbonyl (C=O) groups is 2. The molecule has 9 N–H and O–H groups in total. The number of rotatable bonds is 28. The van der Waals surface area contributed by atoms with Gasteiger partial charge in [0, 0.05) is 12.3 Å². The second kappa shape index (κ2) is 38.2. The van der Waals surface area contributed by atoms with E-state index < -0.39 is 39.0 Å². The van der Waals surface area contributed by atoms with Gasteiger partial charge in [-0.05, 0) is 73.6 Å². The van der Waals surface area contributed by atoms with Crippen LogP contribution in [-0.4, -0.2) is 123 Å². The molecule has 2 atom stereocenters. The minimum absolute atomic E-state index is 0.0631. The number of halogens is 2. The number of carbonyl (C=O) groups excluding carboxylic acids is 2. The molecule has 0 saturated heterocycles. The Morgan fingerprint density at radius 2 is 1.07 bits per heavy atom. The van der Waals surface area contributed by atoms with Crippen LogP contribution in [0.2, 0.25) is 0 Å². The Kier molecular flexibility index (Phi) is 40.1. The summed E-state index contributed by atoms with van der Waals surface area (Å²) >= 11 is 13.5. The molecule has 0 aromatic carbocycles. The average Bonchev–Trinajstić information content (AvgIpc) is 3.12. The molecule has 25 heteroatoms. The fourth-order valence-corrected chi connectivity index (χ4v) is 6.44. The van der Waals surface area contributed by atoms with Crippen LogP contribution in [-0.2, 0) is 45.7 Å². The maximum absolute atomic E-state index is 12.4. The summed E-state index contributed by atoms with van der Waals surface area (Å²) in [6, 6.07) is 0. The number of aliphatic imine (C=N–C) groups is 1. The van der Waals surface area contributed by atoms with E-state index in [4.69, 9.17) is 81.5 Å². The molecule has 0 radical (unpaired) electrons. The molecular formula is C34H73Cl2N6O14P2S+. The molecule has 0 aromatic rings. The van der Waals surface area contributed by atoms with Gasteiger partial charge in [0.2, 0.25) is 5.96 Å². The van der Waals surface area contributed by atoms with Crippen LogP contribution in [0.3, 0.4) is 0 Å². The van der Waals surface area contributed by atoms with E-state index in [-0.39, 0.29) is 70.1 Å². The SMILES string of the molecule is CCCOP(=O)(OCCO)OCCCCCCN=C(NC(=O)OC(C)(C)C)NC(=O)OC(C)(C)C.ClCCl.NC(N)=[NH+]CCCCCCOP(=O)(OCCO)OCCS. The van der Waals surface area contributed by atoms with Gasteiger partial charge in [-0.25, -0.2) is 18.7 Å². The number of unbranched alkanes of at least 4 members (excludes halogenated alkanes) is 6. The van der Waals surface area contributed by atoms with Crippen LogP contribution in [0.5, 0.6) is 0 Å². The smallest absolute Gasteiger partial charge is 0.444 e. The van der Waals surface area contributed by atoms with Crippen molar-refractivity contribution in [3.05, 3.63) is 0 Å². The summed E-state index contributed by atoms with van der Waals surface area (Å²) in [4.78, 5) is 31.2. The van der Waals surface area contributed by atoms with Crippen LogP contribution in [0, 0.1) is 0 Å². The van der Waals surface area contributed by atoms with E-state index >= 15 is 0 Å².